The van der Waals surface area contributed by atoms with Crippen molar-refractivity contribution in [1.29, 1.82) is 0 Å². The first-order chi connectivity index (χ1) is 19.3. The Morgan fingerprint density at radius 2 is 1.55 bits per heavy atom. The molecule has 5 rings (SSSR count). The Morgan fingerprint density at radius 3 is 2.12 bits per heavy atom. The molecule has 1 fully saturated rings. The summed E-state index contributed by atoms with van der Waals surface area (Å²) in [6.07, 6.45) is 5.73. The average molecular weight is 534 g/mol. The topological polar surface area (TPSA) is 52.3 Å². The zero-order valence-electron chi connectivity index (χ0n) is 24.3. The van der Waals surface area contributed by atoms with Gasteiger partial charge >= 0.3 is 5.97 Å². The Balaban J connectivity index is 1.27. The summed E-state index contributed by atoms with van der Waals surface area (Å²) in [5.74, 6) is 1.28. The number of esters is 1. The fourth-order valence-electron chi connectivity index (χ4n) is 5.35. The molecule has 3 aromatic carbocycles. The average Bonchev–Trinajstić information content (AvgIpc) is 3.70. The summed E-state index contributed by atoms with van der Waals surface area (Å²) >= 11 is 0. The van der Waals surface area contributed by atoms with Crippen LogP contribution in [0.3, 0.4) is 0 Å². The molecule has 4 aromatic rings. The van der Waals surface area contributed by atoms with Crippen LogP contribution in [0.2, 0.25) is 0 Å². The summed E-state index contributed by atoms with van der Waals surface area (Å²) in [4.78, 5) is 12.4. The monoisotopic (exact) mass is 533 g/mol. The second-order valence-corrected chi connectivity index (χ2v) is 11.4. The number of rotatable bonds is 10. The van der Waals surface area contributed by atoms with E-state index >= 15 is 0 Å². The molecule has 0 amide bonds. The van der Waals surface area contributed by atoms with Crippen LogP contribution in [0.1, 0.15) is 74.4 Å². The van der Waals surface area contributed by atoms with Crippen molar-refractivity contribution < 1.29 is 14.1 Å². The molecule has 0 saturated heterocycles. The minimum absolute atomic E-state index is 0.101. The number of carbonyl (C=O) groups excluding carboxylic acids is 1. The molecular formula is C36H39NO3. The van der Waals surface area contributed by atoms with Crippen LogP contribution in [0.4, 0.5) is 0 Å². The summed E-state index contributed by atoms with van der Waals surface area (Å²) < 4.78 is 11.1. The quantitative estimate of drug-likeness (QED) is 0.151. The van der Waals surface area contributed by atoms with E-state index in [1.807, 2.05) is 13.8 Å². The molecule has 206 valence electrons. The van der Waals surface area contributed by atoms with Gasteiger partial charge in [-0.25, -0.2) is 0 Å². The van der Waals surface area contributed by atoms with E-state index in [0.29, 0.717) is 12.5 Å². The molecule has 0 aliphatic heterocycles. The molecule has 1 aromatic heterocycles. The van der Waals surface area contributed by atoms with Crippen LogP contribution in [0.25, 0.3) is 22.5 Å². The summed E-state index contributed by atoms with van der Waals surface area (Å²) in [6.45, 7) is 10.9. The van der Waals surface area contributed by atoms with E-state index in [9.17, 15) is 4.79 Å². The summed E-state index contributed by atoms with van der Waals surface area (Å²) in [7, 11) is 0. The van der Waals surface area contributed by atoms with Gasteiger partial charge in [0, 0.05) is 11.1 Å². The van der Waals surface area contributed by atoms with Crippen LogP contribution in [-0.2, 0) is 27.8 Å². The molecule has 0 radical (unpaired) electrons. The molecule has 1 aliphatic rings. The highest BCUT2D eigenvalue weighted by Crippen LogP contribution is 2.49. The third-order valence-corrected chi connectivity index (χ3v) is 8.10. The Labute approximate surface area is 238 Å². The van der Waals surface area contributed by atoms with Crippen molar-refractivity contribution in [2.75, 3.05) is 6.61 Å². The molecule has 0 atom stereocenters. The zero-order chi connectivity index (χ0) is 28.3. The zero-order valence-corrected chi connectivity index (χ0v) is 24.3. The number of allylic oxidation sites excluding steroid dienone is 2. The number of ether oxygens (including phenoxy) is 1. The highest BCUT2D eigenvalue weighted by molar-refractivity contribution is 5.87. The molecule has 0 bridgehead atoms. The van der Waals surface area contributed by atoms with Gasteiger partial charge in [0.05, 0.1) is 17.7 Å². The Bertz CT molecular complexity index is 1490. The number of carbonyl (C=O) groups is 1. The second-order valence-electron chi connectivity index (χ2n) is 11.4. The molecule has 0 unspecified atom stereocenters. The van der Waals surface area contributed by atoms with Crippen molar-refractivity contribution >= 4 is 5.97 Å². The van der Waals surface area contributed by atoms with E-state index in [4.69, 9.17) is 9.26 Å². The molecule has 0 N–H and O–H groups in total. The van der Waals surface area contributed by atoms with Crippen LogP contribution < -0.4 is 0 Å². The van der Waals surface area contributed by atoms with Crippen molar-refractivity contribution in [3.05, 3.63) is 112 Å². The number of hydrogen-bond acceptors (Lipinski definition) is 4. The number of benzene rings is 3. The number of hydrogen-bond donors (Lipinski definition) is 0. The predicted octanol–water partition coefficient (Wildman–Crippen LogP) is 8.77. The Morgan fingerprint density at radius 1 is 0.950 bits per heavy atom. The lowest BCUT2D eigenvalue weighted by Crippen LogP contribution is -2.23. The maximum Gasteiger partial charge on any atom is 0.316 e. The predicted molar refractivity (Wildman–Crippen MR) is 161 cm³/mol. The second kappa shape index (κ2) is 11.7. The lowest BCUT2D eigenvalue weighted by Gasteiger charge is -2.14. The van der Waals surface area contributed by atoms with E-state index < -0.39 is 5.41 Å². The Hall–Kier alpha value is -3.92. The van der Waals surface area contributed by atoms with Crippen LogP contribution in [-0.4, -0.2) is 17.7 Å². The van der Waals surface area contributed by atoms with Crippen LogP contribution >= 0.6 is 0 Å². The van der Waals surface area contributed by atoms with Crippen molar-refractivity contribution in [2.24, 2.45) is 0 Å². The molecule has 1 heterocycles. The lowest BCUT2D eigenvalue weighted by molar-refractivity contribution is -0.146. The third-order valence-electron chi connectivity index (χ3n) is 8.10. The van der Waals surface area contributed by atoms with Gasteiger partial charge in [-0.1, -0.05) is 103 Å². The molecule has 1 aliphatic carbocycles. The fourth-order valence-corrected chi connectivity index (χ4v) is 5.35. The van der Waals surface area contributed by atoms with Gasteiger partial charge in [0.2, 0.25) is 0 Å². The summed E-state index contributed by atoms with van der Waals surface area (Å²) in [5, 5.41) is 4.29. The summed E-state index contributed by atoms with van der Waals surface area (Å²) in [5.41, 5.74) is 9.95. The molecule has 4 nitrogen and oxygen atoms in total. The smallest absolute Gasteiger partial charge is 0.316 e. The largest absolute Gasteiger partial charge is 0.465 e. The van der Waals surface area contributed by atoms with Crippen molar-refractivity contribution in [3.8, 4) is 22.5 Å². The van der Waals surface area contributed by atoms with E-state index in [-0.39, 0.29) is 5.97 Å². The van der Waals surface area contributed by atoms with Gasteiger partial charge < -0.3 is 9.26 Å². The highest BCUT2D eigenvalue weighted by atomic mass is 16.5. The van der Waals surface area contributed by atoms with Gasteiger partial charge in [-0.15, -0.1) is 0 Å². The lowest BCUT2D eigenvalue weighted by atomic mass is 9.93. The fraction of sp³-hybridized carbons (Fsp3) is 0.333. The third kappa shape index (κ3) is 5.82. The highest BCUT2D eigenvalue weighted by Gasteiger charge is 2.52. The minimum atomic E-state index is -0.440. The van der Waals surface area contributed by atoms with E-state index in [1.165, 1.54) is 16.7 Å². The molecular weight excluding hydrogens is 494 g/mol. The first kappa shape index (κ1) is 27.6. The Kier molecular flexibility index (Phi) is 8.07. The van der Waals surface area contributed by atoms with Gasteiger partial charge in [-0.05, 0) is 80.2 Å². The SMILES string of the molecule is CCOC(=O)C1(c2ccc(-c3ccc(-c4onc(C)c4CC=C(C)Cc4ccc(C(C)C)cc4)cc3)cc2)CC1. The van der Waals surface area contributed by atoms with Crippen molar-refractivity contribution in [3.63, 3.8) is 0 Å². The molecule has 4 heteroatoms. The molecule has 1 saturated carbocycles. The van der Waals surface area contributed by atoms with Gasteiger partial charge in [0.15, 0.2) is 5.76 Å². The van der Waals surface area contributed by atoms with E-state index in [0.717, 1.165) is 65.0 Å². The normalized spacial score (nSPS) is 14.4. The van der Waals surface area contributed by atoms with E-state index in [2.05, 4.69) is 105 Å². The maximum atomic E-state index is 12.4. The van der Waals surface area contributed by atoms with Crippen LogP contribution in [0.5, 0.6) is 0 Å². The first-order valence-corrected chi connectivity index (χ1v) is 14.4. The number of aromatic nitrogens is 1. The standard InChI is InChI=1S/C36H39NO3/c1-6-39-35(38)36(21-22-36)32-18-16-30(17-19-32)29-12-14-31(15-13-29)34-33(26(5)37-40-34)20-7-25(4)23-27-8-10-28(11-9-27)24(2)3/h7-19,24H,6,20-23H2,1-5H3. The molecule has 0 spiro atoms. The van der Waals surface area contributed by atoms with Crippen LogP contribution in [0, 0.1) is 6.92 Å². The maximum absolute atomic E-state index is 12.4. The molecule has 40 heavy (non-hydrogen) atoms. The van der Waals surface area contributed by atoms with Gasteiger partial charge in [-0.2, -0.15) is 0 Å². The van der Waals surface area contributed by atoms with Crippen LogP contribution in [0.15, 0.2) is 89.0 Å². The van der Waals surface area contributed by atoms with Crippen molar-refractivity contribution in [1.82, 2.24) is 5.16 Å². The van der Waals surface area contributed by atoms with Gasteiger partial charge in [0.25, 0.3) is 0 Å². The minimum Gasteiger partial charge on any atom is -0.465 e. The summed E-state index contributed by atoms with van der Waals surface area (Å²) in [6, 6.07) is 25.7. The van der Waals surface area contributed by atoms with E-state index in [1.54, 1.807) is 0 Å². The number of nitrogens with zero attached hydrogens (tertiary/aromatic N) is 1. The van der Waals surface area contributed by atoms with Crippen molar-refractivity contribution in [2.45, 2.75) is 71.6 Å². The first-order valence-electron chi connectivity index (χ1n) is 14.4. The van der Waals surface area contributed by atoms with Gasteiger partial charge in [0.1, 0.15) is 0 Å². The van der Waals surface area contributed by atoms with Gasteiger partial charge in [-0.3, -0.25) is 4.79 Å². The number of aryl methyl sites for hydroxylation is 1.